The van der Waals surface area contributed by atoms with Crippen LogP contribution in [-0.2, 0) is 4.74 Å². The standard InChI is InChI=1S/C16H24N2O2/c1-3-11-5-4-6-13(9-11)18-15-8-7-12(10-14(15)17)16(19)20-2/h7-8,10-11,13,18H,3-6,9,17H2,1-2H3. The molecule has 110 valence electrons. The zero-order valence-electron chi connectivity index (χ0n) is 12.3. The van der Waals surface area contributed by atoms with Crippen LogP contribution in [0.15, 0.2) is 18.2 Å². The highest BCUT2D eigenvalue weighted by Gasteiger charge is 2.21. The van der Waals surface area contributed by atoms with Crippen LogP contribution in [0, 0.1) is 5.92 Å². The van der Waals surface area contributed by atoms with Gasteiger partial charge in [0.25, 0.3) is 0 Å². The van der Waals surface area contributed by atoms with E-state index >= 15 is 0 Å². The lowest BCUT2D eigenvalue weighted by Gasteiger charge is -2.30. The van der Waals surface area contributed by atoms with Crippen LogP contribution in [0.5, 0.6) is 0 Å². The van der Waals surface area contributed by atoms with Crippen LogP contribution in [-0.4, -0.2) is 19.1 Å². The fourth-order valence-corrected chi connectivity index (χ4v) is 2.95. The molecule has 2 unspecified atom stereocenters. The van der Waals surface area contributed by atoms with Crippen molar-refractivity contribution in [2.45, 2.75) is 45.1 Å². The summed E-state index contributed by atoms with van der Waals surface area (Å²) in [6.45, 7) is 2.26. The lowest BCUT2D eigenvalue weighted by Crippen LogP contribution is -2.27. The van der Waals surface area contributed by atoms with Crippen molar-refractivity contribution in [1.82, 2.24) is 0 Å². The van der Waals surface area contributed by atoms with Gasteiger partial charge in [0.1, 0.15) is 0 Å². The first-order valence-corrected chi connectivity index (χ1v) is 7.38. The highest BCUT2D eigenvalue weighted by molar-refractivity contribution is 5.91. The molecule has 0 radical (unpaired) electrons. The van der Waals surface area contributed by atoms with Crippen LogP contribution in [0.25, 0.3) is 0 Å². The molecule has 2 atom stereocenters. The molecule has 1 aliphatic carbocycles. The molecule has 0 spiro atoms. The van der Waals surface area contributed by atoms with Crippen LogP contribution in [0.1, 0.15) is 49.4 Å². The SMILES string of the molecule is CCC1CCCC(Nc2ccc(C(=O)OC)cc2N)C1. The third-order valence-corrected chi connectivity index (χ3v) is 4.19. The smallest absolute Gasteiger partial charge is 0.337 e. The van der Waals surface area contributed by atoms with Crippen molar-refractivity contribution in [3.05, 3.63) is 23.8 Å². The van der Waals surface area contributed by atoms with Gasteiger partial charge in [0.05, 0.1) is 24.0 Å². The van der Waals surface area contributed by atoms with E-state index in [0.717, 1.165) is 11.6 Å². The second kappa shape index (κ2) is 6.64. The van der Waals surface area contributed by atoms with E-state index in [1.807, 2.05) is 6.07 Å². The van der Waals surface area contributed by atoms with Gasteiger partial charge in [-0.1, -0.05) is 26.2 Å². The van der Waals surface area contributed by atoms with Crippen LogP contribution in [0.2, 0.25) is 0 Å². The molecular formula is C16H24N2O2. The van der Waals surface area contributed by atoms with E-state index in [1.54, 1.807) is 12.1 Å². The number of nitrogens with one attached hydrogen (secondary N) is 1. The fraction of sp³-hybridized carbons (Fsp3) is 0.562. The van der Waals surface area contributed by atoms with Gasteiger partial charge in [0.2, 0.25) is 0 Å². The van der Waals surface area contributed by atoms with Crippen LogP contribution < -0.4 is 11.1 Å². The largest absolute Gasteiger partial charge is 0.465 e. The summed E-state index contributed by atoms with van der Waals surface area (Å²) in [4.78, 5) is 11.5. The Hall–Kier alpha value is -1.71. The zero-order chi connectivity index (χ0) is 14.5. The normalized spacial score (nSPS) is 22.3. The Morgan fingerprint density at radius 3 is 2.90 bits per heavy atom. The maximum atomic E-state index is 11.5. The summed E-state index contributed by atoms with van der Waals surface area (Å²) in [5.74, 6) is 0.462. The summed E-state index contributed by atoms with van der Waals surface area (Å²) in [6.07, 6.45) is 6.25. The van der Waals surface area contributed by atoms with Gasteiger partial charge in [-0.05, 0) is 37.0 Å². The van der Waals surface area contributed by atoms with Crippen molar-refractivity contribution in [2.75, 3.05) is 18.2 Å². The van der Waals surface area contributed by atoms with Crippen LogP contribution in [0.4, 0.5) is 11.4 Å². The van der Waals surface area contributed by atoms with E-state index in [2.05, 4.69) is 12.2 Å². The minimum atomic E-state index is -0.355. The number of anilines is 2. The second-order valence-electron chi connectivity index (χ2n) is 5.58. The number of ether oxygens (including phenoxy) is 1. The molecule has 4 heteroatoms. The quantitative estimate of drug-likeness (QED) is 0.653. The average Bonchev–Trinajstić information content (AvgIpc) is 2.48. The summed E-state index contributed by atoms with van der Waals surface area (Å²) < 4.78 is 4.69. The Balaban J connectivity index is 2.04. The molecule has 0 heterocycles. The molecule has 0 amide bonds. The Morgan fingerprint density at radius 2 is 2.25 bits per heavy atom. The molecule has 4 nitrogen and oxygen atoms in total. The Bertz CT molecular complexity index is 474. The highest BCUT2D eigenvalue weighted by Crippen LogP contribution is 2.30. The highest BCUT2D eigenvalue weighted by atomic mass is 16.5. The molecule has 2 rings (SSSR count). The van der Waals surface area contributed by atoms with E-state index in [1.165, 1.54) is 39.2 Å². The molecule has 1 aromatic carbocycles. The number of methoxy groups -OCH3 is 1. The molecule has 1 aliphatic rings. The first-order valence-electron chi connectivity index (χ1n) is 7.38. The third-order valence-electron chi connectivity index (χ3n) is 4.19. The second-order valence-corrected chi connectivity index (χ2v) is 5.58. The molecule has 0 aliphatic heterocycles. The number of nitrogens with two attached hydrogens (primary N) is 1. The first-order chi connectivity index (χ1) is 9.63. The Morgan fingerprint density at radius 1 is 1.45 bits per heavy atom. The average molecular weight is 276 g/mol. The fourth-order valence-electron chi connectivity index (χ4n) is 2.95. The predicted molar refractivity (Wildman–Crippen MR) is 81.9 cm³/mol. The van der Waals surface area contributed by atoms with Crippen molar-refractivity contribution in [2.24, 2.45) is 5.92 Å². The Kier molecular flexibility index (Phi) is 4.88. The van der Waals surface area contributed by atoms with Crippen LogP contribution >= 0.6 is 0 Å². The molecular weight excluding hydrogens is 252 g/mol. The lowest BCUT2D eigenvalue weighted by molar-refractivity contribution is 0.0601. The van der Waals surface area contributed by atoms with Crippen molar-refractivity contribution in [3.8, 4) is 0 Å². The maximum absolute atomic E-state index is 11.5. The predicted octanol–water partition coefficient (Wildman–Crippen LogP) is 3.44. The number of rotatable bonds is 4. The van der Waals surface area contributed by atoms with Gasteiger partial charge >= 0.3 is 5.97 Å². The number of carbonyl (C=O) groups is 1. The number of hydrogen-bond acceptors (Lipinski definition) is 4. The summed E-state index contributed by atoms with van der Waals surface area (Å²) in [7, 11) is 1.37. The van der Waals surface area contributed by atoms with Crippen molar-refractivity contribution in [1.29, 1.82) is 0 Å². The maximum Gasteiger partial charge on any atom is 0.337 e. The van der Waals surface area contributed by atoms with Crippen LogP contribution in [0.3, 0.4) is 0 Å². The van der Waals surface area contributed by atoms with Crippen molar-refractivity contribution in [3.63, 3.8) is 0 Å². The number of carbonyl (C=O) groups excluding carboxylic acids is 1. The molecule has 0 saturated heterocycles. The van der Waals surface area contributed by atoms with Gasteiger partial charge < -0.3 is 15.8 Å². The van der Waals surface area contributed by atoms with Gasteiger partial charge in [-0.3, -0.25) is 0 Å². The zero-order valence-corrected chi connectivity index (χ0v) is 12.3. The topological polar surface area (TPSA) is 64.3 Å². The summed E-state index contributed by atoms with van der Waals surface area (Å²) in [5, 5.41) is 3.52. The van der Waals surface area contributed by atoms with Gasteiger partial charge in [0.15, 0.2) is 0 Å². The van der Waals surface area contributed by atoms with Crippen molar-refractivity contribution < 1.29 is 9.53 Å². The molecule has 0 aromatic heterocycles. The molecule has 0 bridgehead atoms. The summed E-state index contributed by atoms with van der Waals surface area (Å²) in [5.41, 5.74) is 8.04. The summed E-state index contributed by atoms with van der Waals surface area (Å²) >= 11 is 0. The minimum absolute atomic E-state index is 0.355. The van der Waals surface area contributed by atoms with E-state index in [9.17, 15) is 4.79 Å². The lowest BCUT2D eigenvalue weighted by atomic mass is 9.84. The van der Waals surface area contributed by atoms with Gasteiger partial charge in [-0.2, -0.15) is 0 Å². The Labute approximate surface area is 120 Å². The van der Waals surface area contributed by atoms with Gasteiger partial charge in [-0.15, -0.1) is 0 Å². The van der Waals surface area contributed by atoms with Gasteiger partial charge in [-0.25, -0.2) is 4.79 Å². The number of esters is 1. The van der Waals surface area contributed by atoms with E-state index < -0.39 is 0 Å². The van der Waals surface area contributed by atoms with E-state index in [4.69, 9.17) is 10.5 Å². The first kappa shape index (κ1) is 14.7. The molecule has 1 saturated carbocycles. The van der Waals surface area contributed by atoms with E-state index in [0.29, 0.717) is 17.3 Å². The summed E-state index contributed by atoms with van der Waals surface area (Å²) in [6, 6.07) is 5.79. The minimum Gasteiger partial charge on any atom is -0.465 e. The number of benzene rings is 1. The van der Waals surface area contributed by atoms with Crippen molar-refractivity contribution >= 4 is 17.3 Å². The van der Waals surface area contributed by atoms with E-state index in [-0.39, 0.29) is 5.97 Å². The molecule has 1 fully saturated rings. The molecule has 20 heavy (non-hydrogen) atoms. The molecule has 3 N–H and O–H groups in total. The van der Waals surface area contributed by atoms with Gasteiger partial charge in [0, 0.05) is 6.04 Å². The third kappa shape index (κ3) is 3.44. The molecule has 1 aromatic rings. The monoisotopic (exact) mass is 276 g/mol. The number of nitrogen functional groups attached to an aromatic ring is 1. The number of hydrogen-bond donors (Lipinski definition) is 2.